The molecule has 3 N–H and O–H groups in total. The lowest BCUT2D eigenvalue weighted by Crippen LogP contribution is -2.06. The number of aryl methyl sites for hydroxylation is 1. The van der Waals surface area contributed by atoms with Gasteiger partial charge in [-0.3, -0.25) is 0 Å². The van der Waals surface area contributed by atoms with Crippen LogP contribution in [0.25, 0.3) is 22.4 Å². The van der Waals surface area contributed by atoms with Crippen LogP contribution in [0.1, 0.15) is 0 Å². The molecule has 0 amide bonds. The van der Waals surface area contributed by atoms with E-state index in [1.165, 1.54) is 6.33 Å². The van der Waals surface area contributed by atoms with E-state index in [9.17, 15) is 0 Å². The Morgan fingerprint density at radius 1 is 1.07 bits per heavy atom. The van der Waals surface area contributed by atoms with E-state index in [-0.39, 0.29) is 6.61 Å². The molecule has 4 heterocycles. The zero-order valence-corrected chi connectivity index (χ0v) is 14.7. The van der Waals surface area contributed by atoms with E-state index in [1.807, 2.05) is 35.9 Å². The number of hydrogen-bond donors (Lipinski definition) is 3. The van der Waals surface area contributed by atoms with Gasteiger partial charge in [-0.25, -0.2) is 24.9 Å². The molecule has 0 fully saturated rings. The molecule has 0 atom stereocenters. The molecule has 9 heteroatoms. The minimum Gasteiger partial charge on any atom is -0.395 e. The number of rotatable bonds is 6. The third kappa shape index (κ3) is 3.53. The van der Waals surface area contributed by atoms with Crippen LogP contribution >= 0.6 is 0 Å². The van der Waals surface area contributed by atoms with Crippen LogP contribution in [0.3, 0.4) is 0 Å². The zero-order chi connectivity index (χ0) is 18.6. The maximum absolute atomic E-state index is 8.86. The maximum Gasteiger partial charge on any atom is 0.160 e. The topological polar surface area (TPSA) is 114 Å². The van der Waals surface area contributed by atoms with Gasteiger partial charge in [0, 0.05) is 13.6 Å². The molecule has 0 saturated carbocycles. The summed E-state index contributed by atoms with van der Waals surface area (Å²) in [5.41, 5.74) is 3.89. The lowest BCUT2D eigenvalue weighted by atomic mass is 10.2. The van der Waals surface area contributed by atoms with E-state index < -0.39 is 0 Å². The molecule has 0 aromatic carbocycles. The van der Waals surface area contributed by atoms with Gasteiger partial charge in [0.05, 0.1) is 47.9 Å². The van der Waals surface area contributed by atoms with Crippen LogP contribution < -0.4 is 10.6 Å². The first-order chi connectivity index (χ1) is 13.2. The van der Waals surface area contributed by atoms with Gasteiger partial charge >= 0.3 is 0 Å². The van der Waals surface area contributed by atoms with Gasteiger partial charge in [0.2, 0.25) is 0 Å². The number of aromatic nitrogens is 6. The summed E-state index contributed by atoms with van der Waals surface area (Å²) in [5.74, 6) is 1.29. The predicted molar refractivity (Wildman–Crippen MR) is 103 cm³/mol. The highest BCUT2D eigenvalue weighted by Crippen LogP contribution is 2.25. The fourth-order valence-electron chi connectivity index (χ4n) is 2.67. The summed E-state index contributed by atoms with van der Waals surface area (Å²) in [7, 11) is 1.92. The highest BCUT2D eigenvalue weighted by molar-refractivity contribution is 5.88. The van der Waals surface area contributed by atoms with Crippen LogP contribution in [0, 0.1) is 0 Å². The standard InChI is InChI=1S/C18H18N8O/c1-26-11-19-9-15(26)13-3-4-14-17(25-13)18(23-10-22-14)24-12-2-5-16(21-8-12)20-6-7-27/h2-5,8-11,27H,6-7H2,1H3,(H,20,21)(H,22,23,24). The maximum atomic E-state index is 8.86. The largest absolute Gasteiger partial charge is 0.395 e. The zero-order valence-electron chi connectivity index (χ0n) is 14.7. The van der Waals surface area contributed by atoms with Gasteiger partial charge < -0.3 is 20.3 Å². The number of fused-ring (bicyclic) bond motifs is 1. The molecule has 0 bridgehead atoms. The Kier molecular flexibility index (Phi) is 4.58. The molecule has 0 unspecified atom stereocenters. The monoisotopic (exact) mass is 362 g/mol. The van der Waals surface area contributed by atoms with Gasteiger partial charge in [-0.1, -0.05) is 0 Å². The molecule has 4 aromatic rings. The molecular formula is C18H18N8O. The molecule has 0 radical (unpaired) electrons. The molecular weight excluding hydrogens is 344 g/mol. The summed E-state index contributed by atoms with van der Waals surface area (Å²) in [6.07, 6.45) is 6.70. The number of pyridine rings is 2. The van der Waals surface area contributed by atoms with Crippen LogP contribution in [-0.4, -0.2) is 47.7 Å². The molecule has 4 rings (SSSR count). The first-order valence-corrected chi connectivity index (χ1v) is 8.41. The van der Waals surface area contributed by atoms with Crippen molar-refractivity contribution in [3.05, 3.63) is 49.3 Å². The van der Waals surface area contributed by atoms with E-state index in [2.05, 4.69) is 30.6 Å². The molecule has 0 aliphatic rings. The van der Waals surface area contributed by atoms with Crippen molar-refractivity contribution < 1.29 is 5.11 Å². The normalized spacial score (nSPS) is 10.9. The number of hydrogen-bond acceptors (Lipinski definition) is 8. The van der Waals surface area contributed by atoms with E-state index in [0.717, 1.165) is 22.6 Å². The molecule has 4 aromatic heterocycles. The number of anilines is 3. The number of imidazole rings is 1. The lowest BCUT2D eigenvalue weighted by Gasteiger charge is -2.10. The van der Waals surface area contributed by atoms with E-state index in [4.69, 9.17) is 10.1 Å². The smallest absolute Gasteiger partial charge is 0.160 e. The minimum absolute atomic E-state index is 0.0548. The van der Waals surface area contributed by atoms with E-state index in [0.29, 0.717) is 23.7 Å². The molecule has 136 valence electrons. The second-order valence-electron chi connectivity index (χ2n) is 5.88. The molecule has 0 aliphatic heterocycles. The average Bonchev–Trinajstić information content (AvgIpc) is 3.13. The van der Waals surface area contributed by atoms with Gasteiger partial charge in [0.15, 0.2) is 5.82 Å². The number of aliphatic hydroxyl groups excluding tert-OH is 1. The Labute approximate surface area is 155 Å². The van der Waals surface area contributed by atoms with Gasteiger partial charge in [-0.15, -0.1) is 0 Å². The number of nitrogens with zero attached hydrogens (tertiary/aromatic N) is 6. The molecule has 0 aliphatic carbocycles. The van der Waals surface area contributed by atoms with Crippen molar-refractivity contribution in [1.82, 2.24) is 29.5 Å². The molecule has 9 nitrogen and oxygen atoms in total. The fourth-order valence-corrected chi connectivity index (χ4v) is 2.67. The Morgan fingerprint density at radius 2 is 2.00 bits per heavy atom. The van der Waals surface area contributed by atoms with Gasteiger partial charge in [-0.05, 0) is 24.3 Å². The first-order valence-electron chi connectivity index (χ1n) is 8.41. The Balaban J connectivity index is 1.66. The fraction of sp³-hybridized carbons (Fsp3) is 0.167. The van der Waals surface area contributed by atoms with Crippen LogP contribution in [0.4, 0.5) is 17.3 Å². The van der Waals surface area contributed by atoms with Crippen molar-refractivity contribution in [3.8, 4) is 11.4 Å². The highest BCUT2D eigenvalue weighted by Gasteiger charge is 2.10. The highest BCUT2D eigenvalue weighted by atomic mass is 16.3. The summed E-state index contributed by atoms with van der Waals surface area (Å²) in [4.78, 5) is 21.8. The van der Waals surface area contributed by atoms with Crippen LogP contribution in [-0.2, 0) is 7.05 Å². The first kappa shape index (κ1) is 16.9. The lowest BCUT2D eigenvalue weighted by molar-refractivity contribution is 0.311. The second kappa shape index (κ2) is 7.34. The molecule has 0 spiro atoms. The van der Waals surface area contributed by atoms with Crippen LogP contribution in [0.15, 0.2) is 49.3 Å². The second-order valence-corrected chi connectivity index (χ2v) is 5.88. The van der Waals surface area contributed by atoms with Gasteiger partial charge in [0.25, 0.3) is 0 Å². The predicted octanol–water partition coefficient (Wildman–Crippen LogP) is 1.97. The Bertz CT molecular complexity index is 1060. The SMILES string of the molecule is Cn1cncc1-c1ccc2ncnc(Nc3ccc(NCCO)nc3)c2n1. The molecule has 27 heavy (non-hydrogen) atoms. The van der Waals surface area contributed by atoms with Crippen molar-refractivity contribution >= 4 is 28.4 Å². The van der Waals surface area contributed by atoms with Crippen molar-refractivity contribution in [3.63, 3.8) is 0 Å². The summed E-state index contributed by atoms with van der Waals surface area (Å²) >= 11 is 0. The summed E-state index contributed by atoms with van der Waals surface area (Å²) in [6.45, 7) is 0.510. The van der Waals surface area contributed by atoms with Crippen LogP contribution in [0.2, 0.25) is 0 Å². The van der Waals surface area contributed by atoms with Gasteiger partial charge in [0.1, 0.15) is 17.7 Å². The average molecular weight is 362 g/mol. The van der Waals surface area contributed by atoms with Crippen molar-refractivity contribution in [2.24, 2.45) is 7.05 Å². The number of aliphatic hydroxyl groups is 1. The summed E-state index contributed by atoms with van der Waals surface area (Å²) in [6, 6.07) is 7.54. The number of nitrogens with one attached hydrogen (secondary N) is 2. The third-order valence-electron chi connectivity index (χ3n) is 4.01. The van der Waals surface area contributed by atoms with Crippen molar-refractivity contribution in [2.75, 3.05) is 23.8 Å². The molecule has 0 saturated heterocycles. The van der Waals surface area contributed by atoms with Crippen molar-refractivity contribution in [1.29, 1.82) is 0 Å². The third-order valence-corrected chi connectivity index (χ3v) is 4.01. The van der Waals surface area contributed by atoms with Gasteiger partial charge in [-0.2, -0.15) is 0 Å². The minimum atomic E-state index is 0.0548. The quantitative estimate of drug-likeness (QED) is 0.477. The van der Waals surface area contributed by atoms with E-state index in [1.54, 1.807) is 18.7 Å². The Morgan fingerprint density at radius 3 is 2.74 bits per heavy atom. The summed E-state index contributed by atoms with van der Waals surface area (Å²) < 4.78 is 1.91. The van der Waals surface area contributed by atoms with E-state index >= 15 is 0 Å². The van der Waals surface area contributed by atoms with Crippen molar-refractivity contribution in [2.45, 2.75) is 0 Å². The summed E-state index contributed by atoms with van der Waals surface area (Å²) in [5, 5.41) is 15.1. The Hall–Kier alpha value is -3.59. The van der Waals surface area contributed by atoms with Crippen LogP contribution in [0.5, 0.6) is 0 Å².